The number of hydrogen-bond acceptors (Lipinski definition) is 8. The van der Waals surface area contributed by atoms with Crippen LogP contribution >= 0.6 is 0 Å². The maximum atomic E-state index is 15.4. The van der Waals surface area contributed by atoms with Crippen molar-refractivity contribution in [3.8, 4) is 0 Å². The van der Waals surface area contributed by atoms with Crippen LogP contribution in [0.2, 0.25) is 0 Å². The summed E-state index contributed by atoms with van der Waals surface area (Å²) in [5.41, 5.74) is -2.63. The molecule has 2 spiro atoms. The van der Waals surface area contributed by atoms with Crippen LogP contribution in [0.4, 0.5) is 0 Å². The normalized spacial score (nSPS) is 31.1. The molecule has 63 heavy (non-hydrogen) atoms. The molecule has 2 saturated heterocycles. The summed E-state index contributed by atoms with van der Waals surface area (Å²) in [7, 11) is -4.04. The molecule has 0 aromatic heterocycles. The quantitative estimate of drug-likeness (QED) is 0.127. The monoisotopic (exact) mass is 901 g/mol. The van der Waals surface area contributed by atoms with Crippen LogP contribution in [0.1, 0.15) is 185 Å². The van der Waals surface area contributed by atoms with E-state index in [0.717, 1.165) is 90.0 Å². The highest BCUT2D eigenvalue weighted by molar-refractivity contribution is 7.90. The molecular weight excluding hydrogens is 817 g/mol. The summed E-state index contributed by atoms with van der Waals surface area (Å²) in [6, 6.07) is -2.87. The number of fused-ring (bicyclic) bond motifs is 1. The SMILES string of the molecule is CCCC(CC)C(C)S(=O)(=O)NC(=O)C1(NC(=O)[C@@H]2C[C@@]3(CN2C(=O)[C@@H](NC(=O)C(NC(=O)[C@@H]2CCCCN2C(C)C)C2CCCCC2)C(C)(C)C)C(C)(C)C32CCC2)CC1CC. The number of piperidine rings is 1. The van der Waals surface area contributed by atoms with Crippen molar-refractivity contribution < 1.29 is 32.4 Å². The van der Waals surface area contributed by atoms with Crippen LogP contribution in [-0.4, -0.2) is 102 Å². The Bertz CT molecular complexity index is 1840. The fraction of sp³-hybridized carbons (Fsp3) is 0.898. The predicted molar refractivity (Wildman–Crippen MR) is 246 cm³/mol. The van der Waals surface area contributed by atoms with E-state index < -0.39 is 56.2 Å². The number of nitrogens with one attached hydrogen (secondary N) is 4. The van der Waals surface area contributed by atoms with Gasteiger partial charge >= 0.3 is 0 Å². The van der Waals surface area contributed by atoms with Gasteiger partial charge in [0.1, 0.15) is 23.7 Å². The number of amides is 5. The van der Waals surface area contributed by atoms with Gasteiger partial charge in [0.2, 0.25) is 33.7 Å². The second-order valence-electron chi connectivity index (χ2n) is 22.8. The highest BCUT2D eigenvalue weighted by Gasteiger charge is 2.85. The van der Waals surface area contributed by atoms with Gasteiger partial charge in [-0.15, -0.1) is 0 Å². The summed E-state index contributed by atoms with van der Waals surface area (Å²) in [5, 5.41) is 8.70. The lowest BCUT2D eigenvalue weighted by Gasteiger charge is -2.40. The first-order valence-electron chi connectivity index (χ1n) is 25.0. The van der Waals surface area contributed by atoms with Crippen molar-refractivity contribution in [3.63, 3.8) is 0 Å². The molecule has 4 saturated carbocycles. The van der Waals surface area contributed by atoms with E-state index in [9.17, 15) is 27.6 Å². The molecule has 5 amide bonds. The Morgan fingerprint density at radius 3 is 1.97 bits per heavy atom. The van der Waals surface area contributed by atoms with Gasteiger partial charge in [0.25, 0.3) is 5.91 Å². The van der Waals surface area contributed by atoms with Crippen LogP contribution < -0.4 is 20.7 Å². The highest BCUT2D eigenvalue weighted by Crippen LogP contribution is 2.88. The molecule has 0 bridgehead atoms. The molecule has 6 aliphatic rings. The number of carbonyl (C=O) groups excluding carboxylic acids is 5. The average Bonchev–Trinajstić information content (AvgIpc) is 3.95. The number of sulfonamides is 1. The molecule has 9 atom stereocenters. The van der Waals surface area contributed by atoms with Gasteiger partial charge in [0.05, 0.1) is 11.3 Å². The van der Waals surface area contributed by atoms with Gasteiger partial charge in [-0.2, -0.15) is 0 Å². The van der Waals surface area contributed by atoms with Gasteiger partial charge < -0.3 is 20.9 Å². The van der Waals surface area contributed by atoms with E-state index in [2.05, 4.69) is 53.3 Å². The molecule has 4 N–H and O–H groups in total. The third-order valence-corrected chi connectivity index (χ3v) is 19.8. The highest BCUT2D eigenvalue weighted by atomic mass is 32.2. The van der Waals surface area contributed by atoms with E-state index in [4.69, 9.17) is 0 Å². The van der Waals surface area contributed by atoms with Crippen molar-refractivity contribution in [2.75, 3.05) is 13.1 Å². The Morgan fingerprint density at radius 2 is 1.44 bits per heavy atom. The van der Waals surface area contributed by atoms with Gasteiger partial charge in [0, 0.05) is 18.0 Å². The number of hydrogen-bond donors (Lipinski definition) is 4. The average molecular weight is 901 g/mol. The van der Waals surface area contributed by atoms with Crippen LogP contribution in [0.3, 0.4) is 0 Å². The summed E-state index contributed by atoms with van der Waals surface area (Å²) < 4.78 is 29.7. The second-order valence-corrected chi connectivity index (χ2v) is 24.8. The van der Waals surface area contributed by atoms with Crippen molar-refractivity contribution in [2.24, 2.45) is 39.4 Å². The zero-order valence-corrected chi connectivity index (χ0v) is 41.6. The summed E-state index contributed by atoms with van der Waals surface area (Å²) in [6.07, 6.45) is 14.0. The maximum Gasteiger partial charge on any atom is 0.259 e. The van der Waals surface area contributed by atoms with E-state index in [0.29, 0.717) is 32.2 Å². The smallest absolute Gasteiger partial charge is 0.259 e. The molecule has 13 nitrogen and oxygen atoms in total. The number of nitrogens with zero attached hydrogens (tertiary/aromatic N) is 2. The fourth-order valence-electron chi connectivity index (χ4n) is 13.4. The molecule has 2 aliphatic heterocycles. The first-order chi connectivity index (χ1) is 29.5. The first kappa shape index (κ1) is 49.7. The van der Waals surface area contributed by atoms with E-state index in [1.165, 1.54) is 0 Å². The topological polar surface area (TPSA) is 174 Å². The van der Waals surface area contributed by atoms with Gasteiger partial charge in [-0.25, -0.2) is 8.42 Å². The lowest BCUT2D eigenvalue weighted by molar-refractivity contribution is -0.145. The molecule has 0 radical (unpaired) electrons. The minimum atomic E-state index is -4.04. The van der Waals surface area contributed by atoms with E-state index >= 15 is 4.79 Å². The van der Waals surface area contributed by atoms with Crippen LogP contribution in [0.25, 0.3) is 0 Å². The van der Waals surface area contributed by atoms with Gasteiger partial charge in [-0.05, 0) is 119 Å². The van der Waals surface area contributed by atoms with Crippen molar-refractivity contribution in [2.45, 2.75) is 226 Å². The minimum absolute atomic E-state index is 0.00744. The zero-order chi connectivity index (χ0) is 46.5. The Morgan fingerprint density at radius 1 is 0.794 bits per heavy atom. The predicted octanol–water partition coefficient (Wildman–Crippen LogP) is 6.59. The van der Waals surface area contributed by atoms with Gasteiger partial charge in [-0.3, -0.25) is 33.6 Å². The van der Waals surface area contributed by atoms with Crippen LogP contribution in [0.15, 0.2) is 0 Å². The standard InChI is InChI=1S/C49H84N6O7S/c1-12-21-33(13-2)32(6)63(61,62)53-44(60)49(28-35(49)14-3)52-41(57)37-29-48(46(10,11)47(48)25-20-26-47)30-55(37)43(59)39(45(7,8)9)51-42(58)38(34-22-16-15-17-23-34)50-40(56)36-24-18-19-27-54(36)31(4)5/h31-39H,12-30H2,1-11H3,(H,50,56)(H,51,58)(H,52,57)(H,53,60)/t32?,33?,35?,36-,37-,38?,39+,48+,49?/m0/s1. The van der Waals surface area contributed by atoms with Crippen molar-refractivity contribution in [1.82, 2.24) is 30.5 Å². The van der Waals surface area contributed by atoms with Crippen molar-refractivity contribution in [1.29, 1.82) is 0 Å². The third kappa shape index (κ3) is 8.96. The van der Waals surface area contributed by atoms with Crippen LogP contribution in [0, 0.1) is 39.4 Å². The molecular formula is C49H84N6O7S. The summed E-state index contributed by atoms with van der Waals surface area (Å²) in [4.78, 5) is 77.3. The minimum Gasteiger partial charge on any atom is -0.343 e. The lowest BCUT2D eigenvalue weighted by atomic mass is 9.73. The van der Waals surface area contributed by atoms with E-state index in [1.54, 1.807) is 11.8 Å². The number of carbonyl (C=O) groups is 5. The summed E-state index contributed by atoms with van der Waals surface area (Å²) in [5.74, 6) is -2.46. The number of likely N-dealkylation sites (tertiary alicyclic amines) is 2. The van der Waals surface area contributed by atoms with E-state index in [1.807, 2.05) is 41.5 Å². The molecule has 0 aromatic rings. The molecule has 4 aliphatic carbocycles. The largest absolute Gasteiger partial charge is 0.343 e. The lowest BCUT2D eigenvalue weighted by Crippen LogP contribution is -2.63. The van der Waals surface area contributed by atoms with Gasteiger partial charge in [0.15, 0.2) is 0 Å². The molecule has 6 fully saturated rings. The first-order valence-corrected chi connectivity index (χ1v) is 26.6. The number of rotatable bonds is 17. The molecule has 0 aromatic carbocycles. The molecule has 6 rings (SSSR count). The Balaban J connectivity index is 1.27. The summed E-state index contributed by atoms with van der Waals surface area (Å²) >= 11 is 0. The maximum absolute atomic E-state index is 15.4. The summed E-state index contributed by atoms with van der Waals surface area (Å²) in [6.45, 7) is 23.2. The molecule has 2 heterocycles. The fourth-order valence-corrected chi connectivity index (χ4v) is 14.9. The van der Waals surface area contributed by atoms with E-state index in [-0.39, 0.29) is 63.8 Å². The van der Waals surface area contributed by atoms with Crippen molar-refractivity contribution >= 4 is 39.6 Å². The van der Waals surface area contributed by atoms with Crippen LogP contribution in [0.5, 0.6) is 0 Å². The van der Waals surface area contributed by atoms with Gasteiger partial charge in [-0.1, -0.05) is 107 Å². The molecule has 14 heteroatoms. The Labute approximate surface area is 380 Å². The molecule has 358 valence electrons. The Hall–Kier alpha value is -2.74. The van der Waals surface area contributed by atoms with Crippen LogP contribution in [-0.2, 0) is 34.0 Å². The van der Waals surface area contributed by atoms with Crippen molar-refractivity contribution in [3.05, 3.63) is 0 Å². The molecule has 5 unspecified atom stereocenters. The third-order valence-electron chi connectivity index (χ3n) is 17.9. The second kappa shape index (κ2) is 18.5. The Kier molecular flexibility index (Phi) is 14.6. The zero-order valence-electron chi connectivity index (χ0n) is 40.8.